The molecule has 1 atom stereocenters. The zero-order valence-corrected chi connectivity index (χ0v) is 15.2. The molecular formula is C19H22N4O2S. The van der Waals surface area contributed by atoms with Crippen LogP contribution in [0.25, 0.3) is 11.0 Å². The van der Waals surface area contributed by atoms with Gasteiger partial charge in [0, 0.05) is 17.8 Å². The number of carbonyl (C=O) groups excluding carboxylic acids is 1. The molecule has 1 aliphatic heterocycles. The van der Waals surface area contributed by atoms with Gasteiger partial charge in [0.1, 0.15) is 22.6 Å². The van der Waals surface area contributed by atoms with E-state index in [0.717, 1.165) is 31.8 Å². The number of phenols is 1. The number of H-pyrrole nitrogens is 1. The van der Waals surface area contributed by atoms with Crippen molar-refractivity contribution < 1.29 is 9.90 Å². The van der Waals surface area contributed by atoms with Crippen LogP contribution in [0.1, 0.15) is 33.9 Å². The van der Waals surface area contributed by atoms with Gasteiger partial charge in [0.15, 0.2) is 0 Å². The number of fused-ring (bicyclic) bond motifs is 1. The van der Waals surface area contributed by atoms with Gasteiger partial charge >= 0.3 is 0 Å². The number of hydrogen-bond acceptors (Lipinski definition) is 5. The maximum Gasteiger partial charge on any atom is 0.253 e. The van der Waals surface area contributed by atoms with Crippen LogP contribution in [0.2, 0.25) is 0 Å². The first-order chi connectivity index (χ1) is 12.7. The molecule has 0 spiro atoms. The molecule has 3 heterocycles. The van der Waals surface area contributed by atoms with Gasteiger partial charge in [0.05, 0.1) is 5.56 Å². The van der Waals surface area contributed by atoms with Gasteiger partial charge in [0.25, 0.3) is 5.91 Å². The van der Waals surface area contributed by atoms with E-state index in [1.807, 2.05) is 17.5 Å². The summed E-state index contributed by atoms with van der Waals surface area (Å²) in [5.41, 5.74) is 1.54. The van der Waals surface area contributed by atoms with Crippen molar-refractivity contribution in [1.82, 2.24) is 20.6 Å². The first kappa shape index (κ1) is 17.1. The van der Waals surface area contributed by atoms with Gasteiger partial charge in [-0.2, -0.15) is 0 Å². The smallest absolute Gasteiger partial charge is 0.253 e. The van der Waals surface area contributed by atoms with Crippen LogP contribution in [0.5, 0.6) is 5.75 Å². The minimum absolute atomic E-state index is 0.109. The van der Waals surface area contributed by atoms with Crippen molar-refractivity contribution in [2.24, 2.45) is 5.92 Å². The average Bonchev–Trinajstić information content (AvgIpc) is 3.31. The Labute approximate surface area is 155 Å². The monoisotopic (exact) mass is 370 g/mol. The third-order valence-electron chi connectivity index (χ3n) is 4.79. The number of imidazole rings is 1. The molecule has 2 aromatic heterocycles. The Morgan fingerprint density at radius 2 is 2.31 bits per heavy atom. The van der Waals surface area contributed by atoms with E-state index in [9.17, 15) is 9.90 Å². The van der Waals surface area contributed by atoms with Gasteiger partial charge in [-0.3, -0.25) is 4.79 Å². The number of amides is 1. The van der Waals surface area contributed by atoms with E-state index in [1.165, 1.54) is 4.88 Å². The molecule has 1 fully saturated rings. The number of nitrogens with zero attached hydrogens (tertiary/aromatic N) is 1. The van der Waals surface area contributed by atoms with Crippen LogP contribution in [0.4, 0.5) is 0 Å². The second-order valence-electron chi connectivity index (χ2n) is 6.72. The van der Waals surface area contributed by atoms with Gasteiger partial charge in [-0.05, 0) is 55.4 Å². The van der Waals surface area contributed by atoms with Crippen LogP contribution in [0.15, 0.2) is 29.6 Å². The summed E-state index contributed by atoms with van der Waals surface area (Å²) in [5, 5.41) is 18.5. The summed E-state index contributed by atoms with van der Waals surface area (Å²) in [6.07, 6.45) is 2.93. The number of piperidine rings is 1. The first-order valence-corrected chi connectivity index (χ1v) is 9.80. The second-order valence-corrected chi connectivity index (χ2v) is 7.75. The summed E-state index contributed by atoms with van der Waals surface area (Å²) in [6.45, 7) is 2.66. The summed E-state index contributed by atoms with van der Waals surface area (Å²) >= 11 is 1.66. The molecule has 26 heavy (non-hydrogen) atoms. The van der Waals surface area contributed by atoms with Crippen LogP contribution in [0, 0.1) is 5.92 Å². The molecule has 6 nitrogen and oxygen atoms in total. The maximum absolute atomic E-state index is 12.7. The molecule has 1 aromatic carbocycles. The molecule has 0 aliphatic carbocycles. The topological polar surface area (TPSA) is 90.0 Å². The van der Waals surface area contributed by atoms with Crippen LogP contribution >= 0.6 is 11.3 Å². The number of benzene rings is 1. The van der Waals surface area contributed by atoms with Gasteiger partial charge in [0.2, 0.25) is 0 Å². The van der Waals surface area contributed by atoms with Gasteiger partial charge in [-0.25, -0.2) is 4.98 Å². The molecule has 7 heteroatoms. The fraction of sp³-hybridized carbons (Fsp3) is 0.368. The molecule has 0 radical (unpaired) electrons. The number of thiophene rings is 1. The standard InChI is InChI=1S/C19H22N4O2S/c24-15-6-5-14(19(25)21-11-12-3-1-7-20-10-12)17-18(15)23-16(22-17)9-13-4-2-8-26-13/h2,4-6,8,12,20,24H,1,3,7,9-11H2,(H,21,25)(H,22,23)/t12-/m0/s1. The Morgan fingerprint density at radius 3 is 3.08 bits per heavy atom. The van der Waals surface area contributed by atoms with Crippen LogP contribution in [-0.4, -0.2) is 40.6 Å². The lowest BCUT2D eigenvalue weighted by Gasteiger charge is -2.22. The number of aromatic nitrogens is 2. The highest BCUT2D eigenvalue weighted by Gasteiger charge is 2.19. The van der Waals surface area contributed by atoms with E-state index in [4.69, 9.17) is 0 Å². The molecule has 1 saturated heterocycles. The first-order valence-electron chi connectivity index (χ1n) is 8.92. The summed E-state index contributed by atoms with van der Waals surface area (Å²) in [6, 6.07) is 7.23. The molecule has 1 amide bonds. The lowest BCUT2D eigenvalue weighted by Crippen LogP contribution is -2.38. The number of carbonyl (C=O) groups is 1. The number of phenolic OH excluding ortho intramolecular Hbond substituents is 1. The Hall–Kier alpha value is -2.38. The highest BCUT2D eigenvalue weighted by Crippen LogP contribution is 2.27. The molecular weight excluding hydrogens is 348 g/mol. The zero-order chi connectivity index (χ0) is 17.9. The largest absolute Gasteiger partial charge is 0.506 e. The van der Waals surface area contributed by atoms with Crippen molar-refractivity contribution >= 4 is 28.3 Å². The molecule has 1 aliphatic rings. The normalized spacial score (nSPS) is 17.5. The van der Waals surface area contributed by atoms with E-state index in [2.05, 4.69) is 20.6 Å². The van der Waals surface area contributed by atoms with E-state index < -0.39 is 0 Å². The molecule has 4 rings (SSSR count). The minimum atomic E-state index is -0.144. The highest BCUT2D eigenvalue weighted by atomic mass is 32.1. The quantitative estimate of drug-likeness (QED) is 0.556. The van der Waals surface area contributed by atoms with Crippen molar-refractivity contribution in [3.8, 4) is 5.75 Å². The molecule has 136 valence electrons. The van der Waals surface area contributed by atoms with Gasteiger partial charge in [-0.1, -0.05) is 6.07 Å². The molecule has 0 bridgehead atoms. The summed E-state index contributed by atoms with van der Waals surface area (Å²) < 4.78 is 0. The third-order valence-corrected chi connectivity index (χ3v) is 5.67. The van der Waals surface area contributed by atoms with Crippen molar-refractivity contribution in [2.75, 3.05) is 19.6 Å². The Bertz CT molecular complexity index is 898. The number of aromatic hydroxyl groups is 1. The average molecular weight is 370 g/mol. The van der Waals surface area contributed by atoms with Crippen molar-refractivity contribution in [3.63, 3.8) is 0 Å². The molecule has 3 aromatic rings. The number of aromatic amines is 1. The summed E-state index contributed by atoms with van der Waals surface area (Å²) in [7, 11) is 0. The Kier molecular flexibility index (Phi) is 4.90. The van der Waals surface area contributed by atoms with Crippen molar-refractivity contribution in [1.29, 1.82) is 0 Å². The second kappa shape index (κ2) is 7.47. The van der Waals surface area contributed by atoms with Crippen molar-refractivity contribution in [3.05, 3.63) is 45.9 Å². The predicted molar refractivity (Wildman–Crippen MR) is 103 cm³/mol. The number of rotatable bonds is 5. The fourth-order valence-electron chi connectivity index (χ4n) is 3.40. The van der Waals surface area contributed by atoms with Crippen molar-refractivity contribution in [2.45, 2.75) is 19.3 Å². The fourth-order valence-corrected chi connectivity index (χ4v) is 4.11. The lowest BCUT2D eigenvalue weighted by atomic mass is 9.99. The van der Waals surface area contributed by atoms with Crippen LogP contribution in [-0.2, 0) is 6.42 Å². The van der Waals surface area contributed by atoms with Gasteiger partial charge in [-0.15, -0.1) is 11.3 Å². The van der Waals surface area contributed by atoms with E-state index in [0.29, 0.717) is 35.5 Å². The van der Waals surface area contributed by atoms with Crippen LogP contribution < -0.4 is 10.6 Å². The Morgan fingerprint density at radius 1 is 1.38 bits per heavy atom. The van der Waals surface area contributed by atoms with E-state index in [-0.39, 0.29) is 11.7 Å². The van der Waals surface area contributed by atoms with Gasteiger partial charge < -0.3 is 20.7 Å². The SMILES string of the molecule is O=C(NC[C@H]1CCCNC1)c1ccc(O)c2[nH]c(Cc3cccs3)nc12. The predicted octanol–water partition coefficient (Wildman–Crippen LogP) is 2.65. The molecule has 0 unspecified atom stereocenters. The summed E-state index contributed by atoms with van der Waals surface area (Å²) in [4.78, 5) is 21.6. The van der Waals surface area contributed by atoms with E-state index >= 15 is 0 Å². The number of nitrogens with one attached hydrogen (secondary N) is 3. The number of hydrogen-bond donors (Lipinski definition) is 4. The molecule has 4 N–H and O–H groups in total. The zero-order valence-electron chi connectivity index (χ0n) is 14.4. The Balaban J connectivity index is 1.54. The molecule has 0 saturated carbocycles. The summed E-state index contributed by atoms with van der Waals surface area (Å²) in [5.74, 6) is 1.18. The van der Waals surface area contributed by atoms with Crippen LogP contribution in [0.3, 0.4) is 0 Å². The lowest BCUT2D eigenvalue weighted by molar-refractivity contribution is 0.0946. The van der Waals surface area contributed by atoms with E-state index in [1.54, 1.807) is 23.5 Å². The minimum Gasteiger partial charge on any atom is -0.506 e. The third kappa shape index (κ3) is 3.59. The maximum atomic E-state index is 12.7. The highest BCUT2D eigenvalue weighted by molar-refractivity contribution is 7.09.